The third-order valence-electron chi connectivity index (χ3n) is 3.84. The van der Waals surface area contributed by atoms with Gasteiger partial charge in [-0.15, -0.1) is 0 Å². The summed E-state index contributed by atoms with van der Waals surface area (Å²) in [6, 6.07) is 5.02. The lowest BCUT2D eigenvalue weighted by Crippen LogP contribution is -2.39. The highest BCUT2D eigenvalue weighted by Gasteiger charge is 2.32. The molecule has 0 amide bonds. The summed E-state index contributed by atoms with van der Waals surface area (Å²) in [5.41, 5.74) is 6.22. The molecule has 1 aromatic carbocycles. The maximum absolute atomic E-state index is 12.9. The number of nitrogens with two attached hydrogens (primary N) is 1. The molecular weight excluding hydrogens is 340 g/mol. The van der Waals surface area contributed by atoms with E-state index in [4.69, 9.17) is 5.73 Å². The normalized spacial score (nSPS) is 21.6. The topological polar surface area (TPSA) is 63.4 Å². The van der Waals surface area contributed by atoms with Gasteiger partial charge in [0.1, 0.15) is 0 Å². The highest BCUT2D eigenvalue weighted by Crippen LogP contribution is 2.31. The molecule has 2 rings (SSSR count). The van der Waals surface area contributed by atoms with Crippen LogP contribution in [-0.4, -0.2) is 25.3 Å². The van der Waals surface area contributed by atoms with Crippen LogP contribution in [0.1, 0.15) is 39.0 Å². The Labute approximate surface area is 129 Å². The highest BCUT2D eigenvalue weighted by molar-refractivity contribution is 9.10. The quantitative estimate of drug-likeness (QED) is 0.840. The van der Waals surface area contributed by atoms with Crippen LogP contribution in [0.3, 0.4) is 0 Å². The molecule has 0 bridgehead atoms. The smallest absolute Gasteiger partial charge is 0.244 e. The standard InChI is InChI=1S/C14H21BrN2O2S/c1-2-12-6-4-3-5-9-17(12)20(18,19)14-10-11(16)7-8-13(14)15/h7-8,10,12H,2-6,9,16H2,1H3. The van der Waals surface area contributed by atoms with E-state index in [1.807, 2.05) is 6.92 Å². The molecule has 1 fully saturated rings. The van der Waals surface area contributed by atoms with E-state index in [0.29, 0.717) is 16.7 Å². The van der Waals surface area contributed by atoms with Gasteiger partial charge in [-0.1, -0.05) is 19.8 Å². The molecule has 0 saturated carbocycles. The van der Waals surface area contributed by atoms with Crippen LogP contribution in [0.2, 0.25) is 0 Å². The monoisotopic (exact) mass is 360 g/mol. The third kappa shape index (κ3) is 3.18. The molecule has 1 atom stereocenters. The van der Waals surface area contributed by atoms with E-state index < -0.39 is 10.0 Å². The number of rotatable bonds is 3. The van der Waals surface area contributed by atoms with Crippen molar-refractivity contribution < 1.29 is 8.42 Å². The number of halogens is 1. The molecule has 1 unspecified atom stereocenters. The van der Waals surface area contributed by atoms with Gasteiger partial charge in [0.25, 0.3) is 0 Å². The summed E-state index contributed by atoms with van der Waals surface area (Å²) in [6.45, 7) is 2.65. The fourth-order valence-electron chi connectivity index (χ4n) is 2.72. The summed E-state index contributed by atoms with van der Waals surface area (Å²) in [6.07, 6.45) is 4.91. The second-order valence-electron chi connectivity index (χ2n) is 5.22. The maximum Gasteiger partial charge on any atom is 0.244 e. The van der Waals surface area contributed by atoms with E-state index in [1.165, 1.54) is 6.07 Å². The van der Waals surface area contributed by atoms with Gasteiger partial charge in [0.05, 0.1) is 4.90 Å². The molecule has 6 heteroatoms. The van der Waals surface area contributed by atoms with Gasteiger partial charge in [-0.2, -0.15) is 4.31 Å². The Kier molecular flexibility index (Phi) is 5.09. The third-order valence-corrected chi connectivity index (χ3v) is 6.78. The molecule has 1 aromatic rings. The highest BCUT2D eigenvalue weighted by atomic mass is 79.9. The number of sulfonamides is 1. The van der Waals surface area contributed by atoms with Gasteiger partial charge in [-0.25, -0.2) is 8.42 Å². The molecule has 0 aromatic heterocycles. The first-order chi connectivity index (χ1) is 9.46. The van der Waals surface area contributed by atoms with E-state index in [-0.39, 0.29) is 10.9 Å². The molecule has 0 radical (unpaired) electrons. The summed E-state index contributed by atoms with van der Waals surface area (Å²) in [4.78, 5) is 0.276. The molecule has 112 valence electrons. The average molecular weight is 361 g/mol. The molecule has 1 heterocycles. The number of nitrogen functional groups attached to an aromatic ring is 1. The van der Waals surface area contributed by atoms with Gasteiger partial charge in [-0.05, 0) is 53.4 Å². The summed E-state index contributed by atoms with van der Waals surface area (Å²) >= 11 is 3.33. The van der Waals surface area contributed by atoms with Crippen LogP contribution < -0.4 is 5.73 Å². The number of nitrogens with zero attached hydrogens (tertiary/aromatic N) is 1. The summed E-state index contributed by atoms with van der Waals surface area (Å²) in [7, 11) is -3.49. The second-order valence-corrected chi connectivity index (χ2v) is 7.93. The molecule has 20 heavy (non-hydrogen) atoms. The lowest BCUT2D eigenvalue weighted by Gasteiger charge is -2.28. The fraction of sp³-hybridized carbons (Fsp3) is 0.571. The van der Waals surface area contributed by atoms with Crippen LogP contribution in [0.4, 0.5) is 5.69 Å². The second kappa shape index (κ2) is 6.45. The van der Waals surface area contributed by atoms with Crippen molar-refractivity contribution in [1.82, 2.24) is 4.31 Å². The summed E-state index contributed by atoms with van der Waals surface area (Å²) < 4.78 is 28.1. The minimum absolute atomic E-state index is 0.0934. The van der Waals surface area contributed by atoms with Gasteiger partial charge in [-0.3, -0.25) is 0 Å². The number of anilines is 1. The van der Waals surface area contributed by atoms with Gasteiger partial charge >= 0.3 is 0 Å². The van der Waals surface area contributed by atoms with E-state index in [9.17, 15) is 8.42 Å². The molecule has 2 N–H and O–H groups in total. The van der Waals surface area contributed by atoms with Gasteiger partial charge in [0, 0.05) is 22.7 Å². The average Bonchev–Trinajstić information content (AvgIpc) is 2.66. The SMILES string of the molecule is CCC1CCCCCN1S(=O)(=O)c1cc(N)ccc1Br. The van der Waals surface area contributed by atoms with Crippen molar-refractivity contribution in [3.8, 4) is 0 Å². The molecule has 1 aliphatic rings. The first kappa shape index (κ1) is 15.8. The Morgan fingerprint density at radius 1 is 1.35 bits per heavy atom. The number of hydrogen-bond donors (Lipinski definition) is 1. The summed E-state index contributed by atoms with van der Waals surface area (Å²) in [5.74, 6) is 0. The van der Waals surface area contributed by atoms with Crippen molar-refractivity contribution >= 4 is 31.6 Å². The van der Waals surface area contributed by atoms with Gasteiger partial charge in [0.2, 0.25) is 10.0 Å². The largest absolute Gasteiger partial charge is 0.399 e. The Hall–Kier alpha value is -0.590. The van der Waals surface area contributed by atoms with Crippen molar-refractivity contribution in [2.24, 2.45) is 0 Å². The molecule has 0 aliphatic carbocycles. The first-order valence-corrected chi connectivity index (χ1v) is 9.27. The Balaban J connectivity index is 2.44. The predicted octanol–water partition coefficient (Wildman–Crippen LogP) is 3.37. The first-order valence-electron chi connectivity index (χ1n) is 7.03. The molecule has 1 saturated heterocycles. The van der Waals surface area contributed by atoms with E-state index in [1.54, 1.807) is 16.4 Å². The minimum Gasteiger partial charge on any atom is -0.399 e. The minimum atomic E-state index is -3.49. The molecule has 1 aliphatic heterocycles. The zero-order valence-corrected chi connectivity index (χ0v) is 14.1. The van der Waals surface area contributed by atoms with Crippen LogP contribution in [0, 0.1) is 0 Å². The Morgan fingerprint density at radius 2 is 2.10 bits per heavy atom. The lowest BCUT2D eigenvalue weighted by molar-refractivity contribution is 0.315. The van der Waals surface area contributed by atoms with Crippen LogP contribution in [0.15, 0.2) is 27.6 Å². The van der Waals surface area contributed by atoms with Crippen molar-refractivity contribution in [2.75, 3.05) is 12.3 Å². The van der Waals surface area contributed by atoms with Crippen molar-refractivity contribution in [3.05, 3.63) is 22.7 Å². The lowest BCUT2D eigenvalue weighted by atomic mass is 10.1. The fourth-order valence-corrected chi connectivity index (χ4v) is 5.45. The van der Waals surface area contributed by atoms with Crippen LogP contribution >= 0.6 is 15.9 Å². The van der Waals surface area contributed by atoms with E-state index in [0.717, 1.165) is 32.1 Å². The molecule has 0 spiro atoms. The number of hydrogen-bond acceptors (Lipinski definition) is 3. The van der Waals surface area contributed by atoms with Crippen LogP contribution in [0.5, 0.6) is 0 Å². The Morgan fingerprint density at radius 3 is 2.80 bits per heavy atom. The zero-order chi connectivity index (χ0) is 14.8. The summed E-state index contributed by atoms with van der Waals surface area (Å²) in [5, 5.41) is 0. The van der Waals surface area contributed by atoms with Crippen molar-refractivity contribution in [3.63, 3.8) is 0 Å². The van der Waals surface area contributed by atoms with Crippen LogP contribution in [0.25, 0.3) is 0 Å². The maximum atomic E-state index is 12.9. The zero-order valence-electron chi connectivity index (χ0n) is 11.7. The van der Waals surface area contributed by atoms with Crippen molar-refractivity contribution in [2.45, 2.75) is 50.0 Å². The molecule has 4 nitrogen and oxygen atoms in total. The number of benzene rings is 1. The van der Waals surface area contributed by atoms with E-state index >= 15 is 0 Å². The van der Waals surface area contributed by atoms with Gasteiger partial charge in [0.15, 0.2) is 0 Å². The molecular formula is C14H21BrN2O2S. The van der Waals surface area contributed by atoms with E-state index in [2.05, 4.69) is 15.9 Å². The van der Waals surface area contributed by atoms with Crippen LogP contribution in [-0.2, 0) is 10.0 Å². The van der Waals surface area contributed by atoms with Gasteiger partial charge < -0.3 is 5.73 Å². The Bertz CT molecular complexity index is 575. The predicted molar refractivity (Wildman–Crippen MR) is 85.0 cm³/mol. The van der Waals surface area contributed by atoms with Crippen molar-refractivity contribution in [1.29, 1.82) is 0 Å².